The van der Waals surface area contributed by atoms with E-state index in [1.54, 1.807) is 0 Å². The highest BCUT2D eigenvalue weighted by atomic mass is 16.6. The van der Waals surface area contributed by atoms with Crippen LogP contribution < -0.4 is 0 Å². The van der Waals surface area contributed by atoms with Crippen LogP contribution in [0.3, 0.4) is 0 Å². The van der Waals surface area contributed by atoms with E-state index in [0.29, 0.717) is 19.4 Å². The van der Waals surface area contributed by atoms with Crippen molar-refractivity contribution < 1.29 is 23.8 Å². The largest absolute Gasteiger partial charge is 0.462 e. The Labute approximate surface area is 382 Å². The van der Waals surface area contributed by atoms with Crippen molar-refractivity contribution in [2.45, 2.75) is 207 Å². The van der Waals surface area contributed by atoms with Crippen molar-refractivity contribution in [2.24, 2.45) is 0 Å². The molecule has 0 rings (SSSR count). The van der Waals surface area contributed by atoms with Crippen molar-refractivity contribution >= 4 is 11.9 Å². The lowest BCUT2D eigenvalue weighted by atomic mass is 10.1. The molecule has 0 radical (unpaired) electrons. The van der Waals surface area contributed by atoms with Gasteiger partial charge in [0.05, 0.1) is 6.61 Å². The number of allylic oxidation sites excluding steroid dienone is 20. The molecule has 0 aliphatic carbocycles. The predicted octanol–water partition coefficient (Wildman–Crippen LogP) is 17.0. The Balaban J connectivity index is 4.48. The summed E-state index contributed by atoms with van der Waals surface area (Å²) in [5.74, 6) is -0.513. The first-order valence-electron chi connectivity index (χ1n) is 25.1. The van der Waals surface area contributed by atoms with Crippen LogP contribution in [-0.2, 0) is 23.8 Å². The minimum absolute atomic E-state index is 0.0233. The Morgan fingerprint density at radius 2 is 0.742 bits per heavy atom. The van der Waals surface area contributed by atoms with Gasteiger partial charge in [-0.15, -0.1) is 0 Å². The molecule has 0 bridgehead atoms. The van der Waals surface area contributed by atoms with E-state index < -0.39 is 6.10 Å². The topological polar surface area (TPSA) is 61.8 Å². The Hall–Kier alpha value is -3.70. The third-order valence-electron chi connectivity index (χ3n) is 9.96. The van der Waals surface area contributed by atoms with Gasteiger partial charge in [-0.25, -0.2) is 0 Å². The highest BCUT2D eigenvalue weighted by molar-refractivity contribution is 5.70. The van der Waals surface area contributed by atoms with Crippen molar-refractivity contribution in [3.8, 4) is 0 Å². The Morgan fingerprint density at radius 1 is 0.371 bits per heavy atom. The maximum absolute atomic E-state index is 12.8. The first-order chi connectivity index (χ1) is 30.6. The summed E-state index contributed by atoms with van der Waals surface area (Å²) in [5.41, 5.74) is 0. The second-order valence-corrected chi connectivity index (χ2v) is 15.9. The van der Waals surface area contributed by atoms with E-state index in [1.165, 1.54) is 57.8 Å². The maximum Gasteiger partial charge on any atom is 0.306 e. The number of hydrogen-bond donors (Lipinski definition) is 0. The lowest BCUT2D eigenvalue weighted by Crippen LogP contribution is -2.30. The van der Waals surface area contributed by atoms with Crippen molar-refractivity contribution in [1.29, 1.82) is 0 Å². The predicted molar refractivity (Wildman–Crippen MR) is 269 cm³/mol. The van der Waals surface area contributed by atoms with Gasteiger partial charge in [0.1, 0.15) is 6.61 Å². The molecule has 1 atom stereocenters. The third kappa shape index (κ3) is 49.0. The molecule has 1 unspecified atom stereocenters. The lowest BCUT2D eigenvalue weighted by molar-refractivity contribution is -0.162. The summed E-state index contributed by atoms with van der Waals surface area (Å²) in [7, 11) is 0. The summed E-state index contributed by atoms with van der Waals surface area (Å²) < 4.78 is 17.3. The minimum atomic E-state index is -0.599. The van der Waals surface area contributed by atoms with Gasteiger partial charge >= 0.3 is 11.9 Å². The van der Waals surface area contributed by atoms with Crippen LogP contribution in [0.1, 0.15) is 201 Å². The molecule has 0 aliphatic rings. The van der Waals surface area contributed by atoms with Crippen LogP contribution in [0.25, 0.3) is 0 Å². The average Bonchev–Trinajstić information content (AvgIpc) is 3.27. The van der Waals surface area contributed by atoms with Gasteiger partial charge < -0.3 is 14.2 Å². The fourth-order valence-electron chi connectivity index (χ4n) is 6.31. The molecule has 0 aromatic rings. The van der Waals surface area contributed by atoms with E-state index in [0.717, 1.165) is 109 Å². The SMILES string of the molecule is CC/C=C\C/C=C\C/C=C\C/C=C\C/C=C\CCCC(=O)OCC(COCCC/C=C\C/C=C\C/C=C\C/C=C\CC)OC(=O)CCCCCCC/C=C\CCCCCCCC. The maximum atomic E-state index is 12.8. The molecular formula is C57H92O5. The second-order valence-electron chi connectivity index (χ2n) is 15.9. The smallest absolute Gasteiger partial charge is 0.306 e. The van der Waals surface area contributed by atoms with Gasteiger partial charge in [0, 0.05) is 19.4 Å². The molecule has 0 saturated carbocycles. The molecule has 0 aromatic heterocycles. The molecule has 5 heteroatoms. The molecule has 350 valence electrons. The first kappa shape index (κ1) is 58.3. The quantitative estimate of drug-likeness (QED) is 0.0347. The number of ether oxygens (including phenoxy) is 3. The molecule has 62 heavy (non-hydrogen) atoms. The minimum Gasteiger partial charge on any atom is -0.462 e. The van der Waals surface area contributed by atoms with E-state index in [1.807, 2.05) is 0 Å². The van der Waals surface area contributed by atoms with Crippen LogP contribution in [0.5, 0.6) is 0 Å². The van der Waals surface area contributed by atoms with Crippen LogP contribution >= 0.6 is 0 Å². The first-order valence-corrected chi connectivity index (χ1v) is 25.1. The van der Waals surface area contributed by atoms with Gasteiger partial charge in [0.2, 0.25) is 0 Å². The molecule has 0 heterocycles. The van der Waals surface area contributed by atoms with Crippen LogP contribution in [0.2, 0.25) is 0 Å². The van der Waals surface area contributed by atoms with E-state index >= 15 is 0 Å². The number of unbranched alkanes of at least 4 members (excludes halogenated alkanes) is 13. The molecular weight excluding hydrogens is 765 g/mol. The van der Waals surface area contributed by atoms with E-state index in [2.05, 4.69) is 142 Å². The van der Waals surface area contributed by atoms with Crippen LogP contribution in [0.4, 0.5) is 0 Å². The number of carbonyl (C=O) groups is 2. The zero-order valence-electron chi connectivity index (χ0n) is 40.1. The van der Waals surface area contributed by atoms with Crippen molar-refractivity contribution in [3.05, 3.63) is 122 Å². The fourth-order valence-corrected chi connectivity index (χ4v) is 6.31. The van der Waals surface area contributed by atoms with Crippen molar-refractivity contribution in [1.82, 2.24) is 0 Å². The normalized spacial score (nSPS) is 13.3. The Morgan fingerprint density at radius 3 is 1.23 bits per heavy atom. The number of rotatable bonds is 44. The average molecular weight is 857 g/mol. The summed E-state index contributed by atoms with van der Waals surface area (Å²) in [6.45, 7) is 7.37. The molecule has 0 saturated heterocycles. The van der Waals surface area contributed by atoms with Crippen molar-refractivity contribution in [2.75, 3.05) is 19.8 Å². The van der Waals surface area contributed by atoms with E-state index in [4.69, 9.17) is 14.2 Å². The molecule has 0 N–H and O–H groups in total. The summed E-state index contributed by atoms with van der Waals surface area (Å²) >= 11 is 0. The molecule has 0 amide bonds. The Bertz CT molecular complexity index is 1290. The van der Waals surface area contributed by atoms with E-state index in [-0.39, 0.29) is 25.2 Å². The summed E-state index contributed by atoms with van der Waals surface area (Å²) in [5, 5.41) is 0. The number of esters is 2. The molecule has 0 fully saturated rings. The van der Waals surface area contributed by atoms with Gasteiger partial charge in [-0.3, -0.25) is 9.59 Å². The molecule has 0 spiro atoms. The summed E-state index contributed by atoms with van der Waals surface area (Å²) in [6, 6.07) is 0. The van der Waals surface area contributed by atoms with Crippen LogP contribution in [-0.4, -0.2) is 37.9 Å². The van der Waals surface area contributed by atoms with Gasteiger partial charge in [-0.2, -0.15) is 0 Å². The van der Waals surface area contributed by atoms with Gasteiger partial charge in [0.25, 0.3) is 0 Å². The zero-order valence-corrected chi connectivity index (χ0v) is 40.1. The highest BCUT2D eigenvalue weighted by Crippen LogP contribution is 2.12. The van der Waals surface area contributed by atoms with Gasteiger partial charge in [0.15, 0.2) is 6.10 Å². The summed E-state index contributed by atoms with van der Waals surface area (Å²) in [4.78, 5) is 25.4. The lowest BCUT2D eigenvalue weighted by Gasteiger charge is -2.18. The monoisotopic (exact) mass is 857 g/mol. The Kier molecular flexibility index (Phi) is 48.6. The highest BCUT2D eigenvalue weighted by Gasteiger charge is 2.17. The van der Waals surface area contributed by atoms with Crippen LogP contribution in [0.15, 0.2) is 122 Å². The standard InChI is InChI=1S/C57H92O5/c1-4-7-10-13-16-19-22-25-28-29-31-32-35-38-41-44-47-50-56(58)61-54-55(53-60-52-49-46-43-40-37-34-27-24-21-18-15-12-9-6-3)62-57(59)51-48-45-42-39-36-33-30-26-23-20-17-14-11-8-5-2/h7,9-10,12,16,18-19,21,25-28,30-32,34,38,40-41,43,55H,4-6,8,11,13-15,17,20,22-24,29,33,35-37,39,42,44-54H2,1-3H3/b10-7-,12-9-,19-16-,21-18-,28-25-,30-26-,32-31-,34-27-,41-38-,43-40-. The van der Waals surface area contributed by atoms with Crippen LogP contribution in [0, 0.1) is 0 Å². The summed E-state index contributed by atoms with van der Waals surface area (Å²) in [6.07, 6.45) is 72.2. The number of hydrogen-bond acceptors (Lipinski definition) is 5. The second kappa shape index (κ2) is 51.6. The molecule has 0 aliphatic heterocycles. The molecule has 0 aromatic carbocycles. The van der Waals surface area contributed by atoms with Gasteiger partial charge in [-0.1, -0.05) is 194 Å². The van der Waals surface area contributed by atoms with Gasteiger partial charge in [-0.05, 0) is 116 Å². The zero-order chi connectivity index (χ0) is 44.9. The third-order valence-corrected chi connectivity index (χ3v) is 9.96. The number of carbonyl (C=O) groups excluding carboxylic acids is 2. The molecule has 5 nitrogen and oxygen atoms in total. The van der Waals surface area contributed by atoms with E-state index in [9.17, 15) is 9.59 Å². The fraction of sp³-hybridized carbons (Fsp3) is 0.614. The van der Waals surface area contributed by atoms with Crippen molar-refractivity contribution in [3.63, 3.8) is 0 Å².